The summed E-state index contributed by atoms with van der Waals surface area (Å²) < 4.78 is 0. The maximum Gasteiger partial charge on any atom is 0.234 e. The number of nitrogens with one attached hydrogen (secondary N) is 3. The second-order valence-electron chi connectivity index (χ2n) is 6.97. The molecule has 0 aliphatic rings. The number of rotatable bonds is 8. The standard InChI is InChI=1S/C24H22ClN3O3S/c1-16(29)26-19-6-8-20(9-7-19)28-24(31)15-32-22-12-10-21(11-13-22)27-23(30)14-17-2-4-18(25)5-3-17/h2-13H,14-15H2,1H3,(H,26,29)(H,27,30)(H,28,31). The molecule has 32 heavy (non-hydrogen) atoms. The normalized spacial score (nSPS) is 10.3. The lowest BCUT2D eigenvalue weighted by Gasteiger charge is -2.08. The van der Waals surface area contributed by atoms with Crippen LogP contribution in [0.15, 0.2) is 77.7 Å². The van der Waals surface area contributed by atoms with E-state index in [-0.39, 0.29) is 29.9 Å². The van der Waals surface area contributed by atoms with E-state index in [1.54, 1.807) is 48.5 Å². The molecule has 3 rings (SSSR count). The van der Waals surface area contributed by atoms with Gasteiger partial charge in [-0.3, -0.25) is 14.4 Å². The third-order valence-corrected chi connectivity index (χ3v) is 5.54. The topological polar surface area (TPSA) is 87.3 Å². The molecule has 0 heterocycles. The van der Waals surface area contributed by atoms with Gasteiger partial charge in [0.2, 0.25) is 17.7 Å². The lowest BCUT2D eigenvalue weighted by Crippen LogP contribution is -2.14. The van der Waals surface area contributed by atoms with E-state index >= 15 is 0 Å². The predicted octanol–water partition coefficient (Wildman–Crippen LogP) is 5.21. The lowest BCUT2D eigenvalue weighted by molar-refractivity contribution is -0.116. The van der Waals surface area contributed by atoms with E-state index in [4.69, 9.17) is 11.6 Å². The highest BCUT2D eigenvalue weighted by atomic mass is 35.5. The van der Waals surface area contributed by atoms with Gasteiger partial charge in [0.05, 0.1) is 12.2 Å². The molecule has 164 valence electrons. The number of halogens is 1. The molecule has 3 N–H and O–H groups in total. The van der Waals surface area contributed by atoms with Crippen molar-refractivity contribution in [2.45, 2.75) is 18.2 Å². The molecule has 0 atom stereocenters. The smallest absolute Gasteiger partial charge is 0.234 e. The molecule has 3 aromatic carbocycles. The Bertz CT molecular complexity index is 1080. The average molecular weight is 468 g/mol. The first kappa shape index (κ1) is 23.4. The molecule has 0 saturated carbocycles. The fourth-order valence-electron chi connectivity index (χ4n) is 2.81. The highest BCUT2D eigenvalue weighted by molar-refractivity contribution is 8.00. The molecule has 0 radical (unpaired) electrons. The Kier molecular flexibility index (Phi) is 8.30. The number of amides is 3. The largest absolute Gasteiger partial charge is 0.326 e. The van der Waals surface area contributed by atoms with Crippen LogP contribution in [-0.4, -0.2) is 23.5 Å². The Hall–Kier alpha value is -3.29. The summed E-state index contributed by atoms with van der Waals surface area (Å²) >= 11 is 7.26. The molecule has 0 aliphatic heterocycles. The van der Waals surface area contributed by atoms with E-state index in [1.807, 2.05) is 24.3 Å². The van der Waals surface area contributed by atoms with Gasteiger partial charge in [0.25, 0.3) is 0 Å². The van der Waals surface area contributed by atoms with Gasteiger partial charge in [0.15, 0.2) is 0 Å². The first-order valence-corrected chi connectivity index (χ1v) is 11.2. The number of carbonyl (C=O) groups is 3. The van der Waals surface area contributed by atoms with Gasteiger partial charge in [0.1, 0.15) is 0 Å². The van der Waals surface area contributed by atoms with Crippen molar-refractivity contribution >= 4 is 58.1 Å². The highest BCUT2D eigenvalue weighted by Gasteiger charge is 2.07. The summed E-state index contributed by atoms with van der Waals surface area (Å²) in [5.74, 6) is -0.153. The zero-order valence-corrected chi connectivity index (χ0v) is 18.9. The van der Waals surface area contributed by atoms with E-state index in [1.165, 1.54) is 18.7 Å². The molecule has 0 bridgehead atoms. The van der Waals surface area contributed by atoms with Crippen molar-refractivity contribution < 1.29 is 14.4 Å². The summed E-state index contributed by atoms with van der Waals surface area (Å²) in [7, 11) is 0. The highest BCUT2D eigenvalue weighted by Crippen LogP contribution is 2.21. The Balaban J connectivity index is 1.43. The first-order valence-electron chi connectivity index (χ1n) is 9.82. The zero-order chi connectivity index (χ0) is 22.9. The molecule has 8 heteroatoms. The van der Waals surface area contributed by atoms with Gasteiger partial charge in [-0.15, -0.1) is 11.8 Å². The second kappa shape index (κ2) is 11.4. The van der Waals surface area contributed by atoms with Crippen molar-refractivity contribution in [1.29, 1.82) is 0 Å². The minimum absolute atomic E-state index is 0.114. The van der Waals surface area contributed by atoms with Gasteiger partial charge in [0, 0.05) is 33.9 Å². The average Bonchev–Trinajstić information content (AvgIpc) is 2.76. The fourth-order valence-corrected chi connectivity index (χ4v) is 3.64. The summed E-state index contributed by atoms with van der Waals surface area (Å²) in [4.78, 5) is 36.3. The fraction of sp³-hybridized carbons (Fsp3) is 0.125. The lowest BCUT2D eigenvalue weighted by atomic mass is 10.1. The Morgan fingerprint density at radius 3 is 1.78 bits per heavy atom. The number of carbonyl (C=O) groups excluding carboxylic acids is 3. The van der Waals surface area contributed by atoms with Gasteiger partial charge in [-0.25, -0.2) is 0 Å². The molecule has 0 saturated heterocycles. The van der Waals surface area contributed by atoms with Crippen LogP contribution in [0.3, 0.4) is 0 Å². The minimum Gasteiger partial charge on any atom is -0.326 e. The van der Waals surface area contributed by atoms with Crippen LogP contribution >= 0.6 is 23.4 Å². The van der Waals surface area contributed by atoms with Crippen LogP contribution in [-0.2, 0) is 20.8 Å². The van der Waals surface area contributed by atoms with Gasteiger partial charge < -0.3 is 16.0 Å². The SMILES string of the molecule is CC(=O)Nc1ccc(NC(=O)CSc2ccc(NC(=O)Cc3ccc(Cl)cc3)cc2)cc1. The third kappa shape index (κ3) is 7.76. The number of anilines is 3. The second-order valence-corrected chi connectivity index (χ2v) is 8.46. The van der Waals surface area contributed by atoms with E-state index in [0.29, 0.717) is 22.1 Å². The number of hydrogen-bond acceptors (Lipinski definition) is 4. The molecule has 0 aliphatic carbocycles. The Morgan fingerprint density at radius 2 is 1.22 bits per heavy atom. The maximum atomic E-state index is 12.2. The van der Waals surface area contributed by atoms with Crippen LogP contribution in [0.2, 0.25) is 5.02 Å². The molecule has 6 nitrogen and oxygen atoms in total. The van der Waals surface area contributed by atoms with Crippen LogP contribution in [0.1, 0.15) is 12.5 Å². The quantitative estimate of drug-likeness (QED) is 0.397. The van der Waals surface area contributed by atoms with Crippen LogP contribution < -0.4 is 16.0 Å². The Morgan fingerprint density at radius 1 is 0.719 bits per heavy atom. The molecule has 0 unspecified atom stereocenters. The van der Waals surface area contributed by atoms with Gasteiger partial charge in [-0.05, 0) is 66.2 Å². The van der Waals surface area contributed by atoms with Crippen molar-refractivity contribution in [2.75, 3.05) is 21.7 Å². The van der Waals surface area contributed by atoms with Gasteiger partial charge in [-0.2, -0.15) is 0 Å². The Labute approximate surface area is 195 Å². The first-order chi connectivity index (χ1) is 15.4. The van der Waals surface area contributed by atoms with Gasteiger partial charge in [-0.1, -0.05) is 23.7 Å². The van der Waals surface area contributed by atoms with Crippen LogP contribution in [0.25, 0.3) is 0 Å². The predicted molar refractivity (Wildman–Crippen MR) is 130 cm³/mol. The summed E-state index contributed by atoms with van der Waals surface area (Å²) in [6.45, 7) is 1.44. The summed E-state index contributed by atoms with van der Waals surface area (Å²) in [5.41, 5.74) is 2.90. The summed E-state index contributed by atoms with van der Waals surface area (Å²) in [6.07, 6.45) is 0.264. The van der Waals surface area contributed by atoms with E-state index < -0.39 is 0 Å². The van der Waals surface area contributed by atoms with Crippen LogP contribution in [0.5, 0.6) is 0 Å². The monoisotopic (exact) mass is 467 g/mol. The van der Waals surface area contributed by atoms with Crippen molar-refractivity contribution in [2.24, 2.45) is 0 Å². The van der Waals surface area contributed by atoms with Crippen molar-refractivity contribution in [3.05, 3.63) is 83.4 Å². The minimum atomic E-state index is -0.148. The number of benzene rings is 3. The van der Waals surface area contributed by atoms with E-state index in [0.717, 1.165) is 10.5 Å². The maximum absolute atomic E-state index is 12.2. The zero-order valence-electron chi connectivity index (χ0n) is 17.4. The van der Waals surface area contributed by atoms with Gasteiger partial charge >= 0.3 is 0 Å². The van der Waals surface area contributed by atoms with Crippen molar-refractivity contribution in [1.82, 2.24) is 0 Å². The van der Waals surface area contributed by atoms with Crippen LogP contribution in [0, 0.1) is 0 Å². The van der Waals surface area contributed by atoms with Crippen molar-refractivity contribution in [3.63, 3.8) is 0 Å². The van der Waals surface area contributed by atoms with E-state index in [9.17, 15) is 14.4 Å². The van der Waals surface area contributed by atoms with Crippen LogP contribution in [0.4, 0.5) is 17.1 Å². The number of hydrogen-bond donors (Lipinski definition) is 3. The molecular formula is C24H22ClN3O3S. The molecular weight excluding hydrogens is 446 g/mol. The third-order valence-electron chi connectivity index (χ3n) is 4.27. The molecule has 0 spiro atoms. The molecule has 0 fully saturated rings. The summed E-state index contributed by atoms with van der Waals surface area (Å²) in [5, 5.41) is 8.99. The molecule has 0 aromatic heterocycles. The number of thioether (sulfide) groups is 1. The van der Waals surface area contributed by atoms with E-state index in [2.05, 4.69) is 16.0 Å². The molecule has 3 aromatic rings. The van der Waals surface area contributed by atoms with Crippen molar-refractivity contribution in [3.8, 4) is 0 Å². The molecule has 3 amide bonds. The summed E-state index contributed by atoms with van der Waals surface area (Å²) in [6, 6.07) is 21.4.